The van der Waals surface area contributed by atoms with Crippen LogP contribution >= 0.6 is 11.8 Å². The maximum atomic E-state index is 5.64. The monoisotopic (exact) mass is 260 g/mol. The molecule has 0 unspecified atom stereocenters. The quantitative estimate of drug-likeness (QED) is 0.641. The summed E-state index contributed by atoms with van der Waals surface area (Å²) in [4.78, 5) is 4.24. The molecule has 0 aliphatic heterocycles. The van der Waals surface area contributed by atoms with E-state index in [-0.39, 0.29) is 0 Å². The number of nitrogens with two attached hydrogens (primary N) is 1. The summed E-state index contributed by atoms with van der Waals surface area (Å²) < 4.78 is 5.64. The Morgan fingerprint density at radius 1 is 1.11 bits per heavy atom. The molecule has 2 N–H and O–H groups in total. The fraction of sp³-hybridized carbons (Fsp3) is 0.214. The van der Waals surface area contributed by atoms with E-state index in [9.17, 15) is 0 Å². The summed E-state index contributed by atoms with van der Waals surface area (Å²) in [5.41, 5.74) is 6.65. The highest BCUT2D eigenvalue weighted by molar-refractivity contribution is 7.99. The van der Waals surface area contributed by atoms with E-state index in [2.05, 4.69) is 4.98 Å². The largest absolute Gasteiger partial charge is 0.493 e. The predicted octanol–water partition coefficient (Wildman–Crippen LogP) is 2.71. The maximum absolute atomic E-state index is 5.64. The fourth-order valence-corrected chi connectivity index (χ4v) is 2.15. The Morgan fingerprint density at radius 3 is 2.61 bits per heavy atom. The first-order chi connectivity index (χ1) is 8.88. The van der Waals surface area contributed by atoms with Crippen LogP contribution in [-0.4, -0.2) is 17.3 Å². The van der Waals surface area contributed by atoms with Crippen molar-refractivity contribution in [3.63, 3.8) is 0 Å². The number of aromatic nitrogens is 1. The Balaban J connectivity index is 1.72. The maximum Gasteiger partial charge on any atom is 0.119 e. The molecule has 0 atom stereocenters. The van der Waals surface area contributed by atoms with Crippen molar-refractivity contribution < 1.29 is 4.74 Å². The van der Waals surface area contributed by atoms with Crippen molar-refractivity contribution in [3.8, 4) is 5.75 Å². The second-order valence-corrected chi connectivity index (χ2v) is 4.83. The first-order valence-corrected chi connectivity index (χ1v) is 6.82. The fourth-order valence-electron chi connectivity index (χ4n) is 1.46. The second-order valence-electron chi connectivity index (χ2n) is 3.71. The molecule has 18 heavy (non-hydrogen) atoms. The SMILES string of the molecule is NCc1ccc(OCCSc2ccccn2)cc1. The number of nitrogens with zero attached hydrogens (tertiary/aromatic N) is 1. The molecule has 0 saturated heterocycles. The Labute approximate surface area is 111 Å². The van der Waals surface area contributed by atoms with Crippen molar-refractivity contribution in [2.24, 2.45) is 5.73 Å². The third kappa shape index (κ3) is 4.05. The van der Waals surface area contributed by atoms with Gasteiger partial charge in [-0.05, 0) is 29.8 Å². The third-order valence-corrected chi connectivity index (χ3v) is 3.31. The molecule has 0 amide bonds. The average molecular weight is 260 g/mol. The molecule has 1 aromatic heterocycles. The van der Waals surface area contributed by atoms with Gasteiger partial charge in [0.25, 0.3) is 0 Å². The van der Waals surface area contributed by atoms with Crippen LogP contribution < -0.4 is 10.5 Å². The zero-order chi connectivity index (χ0) is 12.6. The van der Waals surface area contributed by atoms with Gasteiger partial charge in [0, 0.05) is 18.5 Å². The van der Waals surface area contributed by atoms with Crippen LogP contribution in [0.15, 0.2) is 53.7 Å². The number of rotatable bonds is 6. The Morgan fingerprint density at radius 2 is 1.94 bits per heavy atom. The summed E-state index contributed by atoms with van der Waals surface area (Å²) in [6, 6.07) is 13.8. The Bertz CT molecular complexity index is 459. The van der Waals surface area contributed by atoms with E-state index in [1.165, 1.54) is 0 Å². The lowest BCUT2D eigenvalue weighted by Crippen LogP contribution is -2.01. The summed E-state index contributed by atoms with van der Waals surface area (Å²) in [6.45, 7) is 1.24. The van der Waals surface area contributed by atoms with E-state index in [4.69, 9.17) is 10.5 Å². The highest BCUT2D eigenvalue weighted by atomic mass is 32.2. The lowest BCUT2D eigenvalue weighted by atomic mass is 10.2. The van der Waals surface area contributed by atoms with Gasteiger partial charge in [0.2, 0.25) is 0 Å². The highest BCUT2D eigenvalue weighted by Crippen LogP contribution is 2.15. The van der Waals surface area contributed by atoms with Crippen molar-refractivity contribution in [1.82, 2.24) is 4.98 Å². The van der Waals surface area contributed by atoms with Crippen LogP contribution in [0.25, 0.3) is 0 Å². The number of benzene rings is 1. The van der Waals surface area contributed by atoms with Crippen molar-refractivity contribution in [1.29, 1.82) is 0 Å². The topological polar surface area (TPSA) is 48.1 Å². The molecule has 0 aliphatic carbocycles. The van der Waals surface area contributed by atoms with Gasteiger partial charge in [-0.25, -0.2) is 4.98 Å². The normalized spacial score (nSPS) is 10.3. The minimum Gasteiger partial charge on any atom is -0.493 e. The van der Waals surface area contributed by atoms with Crippen molar-refractivity contribution in [3.05, 3.63) is 54.2 Å². The number of ether oxygens (including phenoxy) is 1. The van der Waals surface area contributed by atoms with Gasteiger partial charge in [-0.3, -0.25) is 0 Å². The Kier molecular flexibility index (Phi) is 5.05. The summed E-state index contributed by atoms with van der Waals surface area (Å²) in [6.07, 6.45) is 1.80. The standard InChI is InChI=1S/C14H16N2OS/c15-11-12-4-6-13(7-5-12)17-9-10-18-14-3-1-2-8-16-14/h1-8H,9-11,15H2. The molecule has 1 aromatic carbocycles. The van der Waals surface area contributed by atoms with Crippen molar-refractivity contribution >= 4 is 11.8 Å². The van der Waals surface area contributed by atoms with Crippen LogP contribution in [0.2, 0.25) is 0 Å². The minimum atomic E-state index is 0.565. The molecule has 0 radical (unpaired) electrons. The van der Waals surface area contributed by atoms with E-state index in [1.54, 1.807) is 18.0 Å². The molecule has 0 fully saturated rings. The van der Waals surface area contributed by atoms with E-state index in [0.29, 0.717) is 13.2 Å². The first kappa shape index (κ1) is 12.9. The van der Waals surface area contributed by atoms with Crippen LogP contribution in [0.5, 0.6) is 5.75 Å². The first-order valence-electron chi connectivity index (χ1n) is 5.84. The van der Waals surface area contributed by atoms with Gasteiger partial charge in [0.15, 0.2) is 0 Å². The molecule has 2 aromatic rings. The molecule has 0 saturated carbocycles. The summed E-state index contributed by atoms with van der Waals surface area (Å²) in [5.74, 6) is 1.77. The van der Waals surface area contributed by atoms with Gasteiger partial charge in [-0.15, -0.1) is 11.8 Å². The Hall–Kier alpha value is -1.52. The van der Waals surface area contributed by atoms with Gasteiger partial charge in [0.05, 0.1) is 11.6 Å². The van der Waals surface area contributed by atoms with Gasteiger partial charge < -0.3 is 10.5 Å². The summed E-state index contributed by atoms with van der Waals surface area (Å²) in [7, 11) is 0. The van der Waals surface area contributed by atoms with E-state index in [1.807, 2.05) is 42.5 Å². The number of pyridine rings is 1. The van der Waals surface area contributed by atoms with Crippen LogP contribution in [0.1, 0.15) is 5.56 Å². The number of thioether (sulfide) groups is 1. The average Bonchev–Trinajstić information content (AvgIpc) is 2.45. The molecular weight excluding hydrogens is 244 g/mol. The van der Waals surface area contributed by atoms with Crippen molar-refractivity contribution in [2.75, 3.05) is 12.4 Å². The molecule has 0 bridgehead atoms. The zero-order valence-electron chi connectivity index (χ0n) is 10.1. The van der Waals surface area contributed by atoms with Gasteiger partial charge in [-0.2, -0.15) is 0 Å². The number of hydrogen-bond donors (Lipinski definition) is 1. The summed E-state index contributed by atoms with van der Waals surface area (Å²) >= 11 is 1.69. The number of hydrogen-bond acceptors (Lipinski definition) is 4. The molecule has 0 aliphatic rings. The highest BCUT2D eigenvalue weighted by Gasteiger charge is 1.96. The smallest absolute Gasteiger partial charge is 0.119 e. The van der Waals surface area contributed by atoms with Crippen LogP contribution in [0.3, 0.4) is 0 Å². The van der Waals surface area contributed by atoms with Crippen LogP contribution in [0.4, 0.5) is 0 Å². The van der Waals surface area contributed by atoms with Gasteiger partial charge in [0.1, 0.15) is 5.75 Å². The van der Waals surface area contributed by atoms with E-state index >= 15 is 0 Å². The van der Waals surface area contributed by atoms with Crippen LogP contribution in [0, 0.1) is 0 Å². The van der Waals surface area contributed by atoms with E-state index in [0.717, 1.165) is 22.1 Å². The molecule has 1 heterocycles. The molecule has 2 rings (SSSR count). The summed E-state index contributed by atoms with van der Waals surface area (Å²) in [5, 5.41) is 1.03. The molecule has 0 spiro atoms. The van der Waals surface area contributed by atoms with Crippen LogP contribution in [-0.2, 0) is 6.54 Å². The molecule has 94 valence electrons. The predicted molar refractivity (Wildman–Crippen MR) is 74.8 cm³/mol. The lowest BCUT2D eigenvalue weighted by Gasteiger charge is -2.06. The molecular formula is C14H16N2OS. The minimum absolute atomic E-state index is 0.565. The van der Waals surface area contributed by atoms with Gasteiger partial charge >= 0.3 is 0 Å². The third-order valence-electron chi connectivity index (χ3n) is 2.40. The zero-order valence-corrected chi connectivity index (χ0v) is 10.9. The van der Waals surface area contributed by atoms with E-state index < -0.39 is 0 Å². The molecule has 3 nitrogen and oxygen atoms in total. The molecule has 4 heteroatoms. The van der Waals surface area contributed by atoms with Gasteiger partial charge in [-0.1, -0.05) is 18.2 Å². The van der Waals surface area contributed by atoms with Crippen molar-refractivity contribution in [2.45, 2.75) is 11.6 Å². The lowest BCUT2D eigenvalue weighted by molar-refractivity contribution is 0.344. The second kappa shape index (κ2) is 7.03.